The third-order valence-corrected chi connectivity index (χ3v) is 3.96. The van der Waals surface area contributed by atoms with Crippen molar-refractivity contribution in [1.82, 2.24) is 19.7 Å². The number of carbonyl (C=O) groups excluding carboxylic acids is 1. The Labute approximate surface area is 165 Å². The molecular weight excluding hydrogens is 373 g/mol. The minimum Gasteiger partial charge on any atom is -0.439 e. The van der Waals surface area contributed by atoms with E-state index in [0.29, 0.717) is 29.0 Å². The Morgan fingerprint density at radius 2 is 1.90 bits per heavy atom. The summed E-state index contributed by atoms with van der Waals surface area (Å²) in [6, 6.07) is 15.8. The molecule has 0 saturated heterocycles. The van der Waals surface area contributed by atoms with Gasteiger partial charge in [-0.3, -0.25) is 4.79 Å². The number of aryl methyl sites for hydroxylation is 1. The van der Waals surface area contributed by atoms with Gasteiger partial charge >= 0.3 is 0 Å². The second-order valence-corrected chi connectivity index (χ2v) is 6.15. The van der Waals surface area contributed by atoms with Crippen LogP contribution in [-0.4, -0.2) is 25.7 Å². The van der Waals surface area contributed by atoms with Crippen LogP contribution in [0.4, 0.5) is 10.1 Å². The van der Waals surface area contributed by atoms with Gasteiger partial charge in [0.15, 0.2) is 5.82 Å². The molecule has 7 nitrogen and oxygen atoms in total. The van der Waals surface area contributed by atoms with E-state index in [1.165, 1.54) is 18.2 Å². The van der Waals surface area contributed by atoms with E-state index in [1.807, 2.05) is 0 Å². The molecule has 0 atom stereocenters. The average Bonchev–Trinajstić information content (AvgIpc) is 3.24. The highest BCUT2D eigenvalue weighted by atomic mass is 19.1. The van der Waals surface area contributed by atoms with Crippen molar-refractivity contribution >= 4 is 11.6 Å². The molecule has 2 aromatic carbocycles. The van der Waals surface area contributed by atoms with Crippen LogP contribution in [0.15, 0.2) is 73.1 Å². The minimum atomic E-state index is -0.462. The van der Waals surface area contributed by atoms with Crippen LogP contribution in [0.2, 0.25) is 0 Å². The Kier molecular flexibility index (Phi) is 4.98. The summed E-state index contributed by atoms with van der Waals surface area (Å²) in [6.07, 6.45) is 3.44. The number of carbonyl (C=O) groups is 1. The van der Waals surface area contributed by atoms with Crippen LogP contribution in [0.25, 0.3) is 5.82 Å². The van der Waals surface area contributed by atoms with E-state index < -0.39 is 11.7 Å². The fourth-order valence-corrected chi connectivity index (χ4v) is 2.66. The number of anilines is 1. The zero-order chi connectivity index (χ0) is 20.2. The molecule has 0 unspecified atom stereocenters. The largest absolute Gasteiger partial charge is 0.439 e. The maximum absolute atomic E-state index is 13.3. The summed E-state index contributed by atoms with van der Waals surface area (Å²) in [4.78, 5) is 20.8. The Bertz CT molecular complexity index is 1140. The summed E-state index contributed by atoms with van der Waals surface area (Å²) in [7, 11) is 0. The molecule has 29 heavy (non-hydrogen) atoms. The average molecular weight is 389 g/mol. The van der Waals surface area contributed by atoms with Crippen LogP contribution >= 0.6 is 0 Å². The lowest BCUT2D eigenvalue weighted by molar-refractivity contribution is 0.102. The highest BCUT2D eigenvalue weighted by Gasteiger charge is 2.09. The number of hydrogen-bond donors (Lipinski definition) is 1. The van der Waals surface area contributed by atoms with E-state index in [1.54, 1.807) is 66.5 Å². The standard InChI is InChI=1S/C21H16FN5O2/c1-14-24-19(27-11-3-10-23-27)13-20(25-14)29-18-8-6-17(7-9-18)26-21(28)15-4-2-5-16(22)12-15/h2-13H,1H3,(H,26,28). The van der Waals surface area contributed by atoms with E-state index in [9.17, 15) is 9.18 Å². The number of hydrogen-bond acceptors (Lipinski definition) is 5. The molecule has 4 aromatic rings. The molecule has 4 rings (SSSR count). The predicted octanol–water partition coefficient (Wildman–Crippen LogP) is 4.15. The molecule has 0 aliphatic heterocycles. The van der Waals surface area contributed by atoms with Crippen LogP contribution in [0.3, 0.4) is 0 Å². The van der Waals surface area contributed by atoms with Crippen molar-refractivity contribution in [3.8, 4) is 17.4 Å². The molecule has 2 aromatic heterocycles. The molecule has 2 heterocycles. The maximum atomic E-state index is 13.3. The second-order valence-electron chi connectivity index (χ2n) is 6.15. The summed E-state index contributed by atoms with van der Waals surface area (Å²) in [5.74, 6) is 1.20. The fourth-order valence-electron chi connectivity index (χ4n) is 2.66. The minimum absolute atomic E-state index is 0.243. The lowest BCUT2D eigenvalue weighted by atomic mass is 10.2. The number of rotatable bonds is 5. The van der Waals surface area contributed by atoms with Gasteiger partial charge in [0, 0.05) is 29.7 Å². The van der Waals surface area contributed by atoms with Gasteiger partial charge in [-0.25, -0.2) is 14.1 Å². The highest BCUT2D eigenvalue weighted by molar-refractivity contribution is 6.04. The van der Waals surface area contributed by atoms with Crippen molar-refractivity contribution in [2.24, 2.45) is 0 Å². The number of benzene rings is 2. The lowest BCUT2D eigenvalue weighted by Crippen LogP contribution is -2.11. The number of amides is 1. The first-order valence-electron chi connectivity index (χ1n) is 8.77. The summed E-state index contributed by atoms with van der Waals surface area (Å²) in [5, 5.41) is 6.87. The molecule has 8 heteroatoms. The van der Waals surface area contributed by atoms with Gasteiger partial charge in [-0.1, -0.05) is 6.07 Å². The van der Waals surface area contributed by atoms with Crippen molar-refractivity contribution in [2.75, 3.05) is 5.32 Å². The maximum Gasteiger partial charge on any atom is 0.255 e. The molecule has 0 bridgehead atoms. The third-order valence-electron chi connectivity index (χ3n) is 3.96. The van der Waals surface area contributed by atoms with E-state index in [0.717, 1.165) is 0 Å². The smallest absolute Gasteiger partial charge is 0.255 e. The van der Waals surface area contributed by atoms with Crippen molar-refractivity contribution in [1.29, 1.82) is 0 Å². The van der Waals surface area contributed by atoms with Crippen LogP contribution < -0.4 is 10.1 Å². The Hall–Kier alpha value is -4.07. The first-order chi connectivity index (χ1) is 14.1. The lowest BCUT2D eigenvalue weighted by Gasteiger charge is -2.09. The van der Waals surface area contributed by atoms with Gasteiger partial charge in [0.1, 0.15) is 17.4 Å². The van der Waals surface area contributed by atoms with Crippen molar-refractivity contribution in [2.45, 2.75) is 6.92 Å². The first-order valence-corrected chi connectivity index (χ1v) is 8.77. The number of nitrogens with one attached hydrogen (secondary N) is 1. The molecule has 0 radical (unpaired) electrons. The van der Waals surface area contributed by atoms with Crippen LogP contribution in [0.1, 0.15) is 16.2 Å². The molecule has 0 saturated carbocycles. The number of nitrogens with zero attached hydrogens (tertiary/aromatic N) is 4. The molecule has 144 valence electrons. The van der Waals surface area contributed by atoms with Crippen LogP contribution in [-0.2, 0) is 0 Å². The molecule has 0 aliphatic carbocycles. The van der Waals surface area contributed by atoms with E-state index >= 15 is 0 Å². The van der Waals surface area contributed by atoms with Crippen molar-refractivity contribution in [3.63, 3.8) is 0 Å². The second kappa shape index (κ2) is 7.89. The van der Waals surface area contributed by atoms with E-state index in [4.69, 9.17) is 4.74 Å². The molecule has 0 fully saturated rings. The fraction of sp³-hybridized carbons (Fsp3) is 0.0476. The van der Waals surface area contributed by atoms with Gasteiger partial charge in [-0.15, -0.1) is 0 Å². The van der Waals surface area contributed by atoms with Crippen molar-refractivity contribution < 1.29 is 13.9 Å². The van der Waals surface area contributed by atoms with Gasteiger partial charge in [-0.05, 0) is 55.5 Å². The van der Waals surface area contributed by atoms with Crippen LogP contribution in [0, 0.1) is 12.7 Å². The third kappa shape index (κ3) is 4.44. The summed E-state index contributed by atoms with van der Waals surface area (Å²) in [6.45, 7) is 1.77. The van der Waals surface area contributed by atoms with Crippen molar-refractivity contribution in [3.05, 3.63) is 90.3 Å². The van der Waals surface area contributed by atoms with Gasteiger partial charge in [0.2, 0.25) is 5.88 Å². The highest BCUT2D eigenvalue weighted by Crippen LogP contribution is 2.23. The number of ether oxygens (including phenoxy) is 1. The van der Waals surface area contributed by atoms with Crippen LogP contribution in [0.5, 0.6) is 11.6 Å². The zero-order valence-corrected chi connectivity index (χ0v) is 15.4. The van der Waals surface area contributed by atoms with E-state index in [2.05, 4.69) is 20.4 Å². The van der Waals surface area contributed by atoms with Gasteiger partial charge in [0.05, 0.1) is 0 Å². The first kappa shape index (κ1) is 18.3. The molecular formula is C21H16FN5O2. The van der Waals surface area contributed by atoms with E-state index in [-0.39, 0.29) is 5.56 Å². The molecule has 1 amide bonds. The van der Waals surface area contributed by atoms with Gasteiger partial charge < -0.3 is 10.1 Å². The Morgan fingerprint density at radius 1 is 1.07 bits per heavy atom. The van der Waals surface area contributed by atoms with Gasteiger partial charge in [-0.2, -0.15) is 10.1 Å². The quantitative estimate of drug-likeness (QED) is 0.554. The SMILES string of the molecule is Cc1nc(Oc2ccc(NC(=O)c3cccc(F)c3)cc2)cc(-n2cccn2)n1. The topological polar surface area (TPSA) is 81.9 Å². The summed E-state index contributed by atoms with van der Waals surface area (Å²) < 4.78 is 20.7. The summed E-state index contributed by atoms with van der Waals surface area (Å²) >= 11 is 0. The Balaban J connectivity index is 1.47. The van der Waals surface area contributed by atoms with Gasteiger partial charge in [0.25, 0.3) is 5.91 Å². The summed E-state index contributed by atoms with van der Waals surface area (Å²) in [5.41, 5.74) is 0.802. The molecule has 0 spiro atoms. The number of aromatic nitrogens is 4. The monoisotopic (exact) mass is 389 g/mol. The normalized spacial score (nSPS) is 10.6. The zero-order valence-electron chi connectivity index (χ0n) is 15.4. The predicted molar refractivity (Wildman–Crippen MR) is 105 cm³/mol. The molecule has 0 aliphatic rings. The number of halogens is 1. The molecule has 1 N–H and O–H groups in total. The Morgan fingerprint density at radius 3 is 2.62 bits per heavy atom.